The first-order valence-corrected chi connectivity index (χ1v) is 15.2. The molecule has 1 aliphatic heterocycles. The number of carbonyl (C=O) groups excluding carboxylic acids is 1. The topological polar surface area (TPSA) is 205 Å². The molecule has 0 amide bonds. The van der Waals surface area contributed by atoms with E-state index in [1.807, 2.05) is 0 Å². The summed E-state index contributed by atoms with van der Waals surface area (Å²) in [4.78, 5) is 25.4. The van der Waals surface area contributed by atoms with E-state index in [1.54, 1.807) is 44.2 Å². The second-order valence-corrected chi connectivity index (χ2v) is 12.6. The van der Waals surface area contributed by atoms with Crippen molar-refractivity contribution in [3.63, 3.8) is 0 Å². The predicted octanol–water partition coefficient (Wildman–Crippen LogP) is 2.13. The Kier molecular flexibility index (Phi) is 8.43. The van der Waals surface area contributed by atoms with Gasteiger partial charge >= 0.3 is 13.7 Å². The van der Waals surface area contributed by atoms with E-state index in [-0.39, 0.29) is 17.7 Å². The van der Waals surface area contributed by atoms with Gasteiger partial charge in [0.1, 0.15) is 29.6 Å². The molecule has 1 aliphatic carbocycles. The number of fused-ring (bicyclic) bond motifs is 1. The van der Waals surface area contributed by atoms with Crippen molar-refractivity contribution in [2.75, 3.05) is 17.7 Å². The van der Waals surface area contributed by atoms with Gasteiger partial charge in [-0.2, -0.15) is 15.1 Å². The van der Waals surface area contributed by atoms with Crippen LogP contribution in [0, 0.1) is 0 Å². The lowest BCUT2D eigenvalue weighted by molar-refractivity contribution is -0.149. The Morgan fingerprint density at radius 1 is 1.26 bits per heavy atom. The normalized spacial score (nSPS) is 26.2. The van der Waals surface area contributed by atoms with E-state index in [9.17, 15) is 19.6 Å². The second-order valence-electron chi connectivity index (χ2n) is 10.9. The Balaban J connectivity index is 1.36. The van der Waals surface area contributed by atoms with Crippen LogP contribution in [-0.2, 0) is 23.4 Å². The molecule has 0 radical (unpaired) electrons. The molecule has 5 rings (SSSR count). The highest BCUT2D eigenvalue weighted by Gasteiger charge is 2.54. The number of carbonyl (C=O) groups is 1. The first kappa shape index (κ1) is 30.1. The first-order valence-electron chi connectivity index (χ1n) is 13.7. The van der Waals surface area contributed by atoms with Gasteiger partial charge in [0.05, 0.1) is 19.0 Å². The van der Waals surface area contributed by atoms with Gasteiger partial charge in [-0.3, -0.25) is 13.9 Å². The fourth-order valence-electron chi connectivity index (χ4n) is 4.51. The third-order valence-corrected chi connectivity index (χ3v) is 8.44. The van der Waals surface area contributed by atoms with Crippen LogP contribution < -0.4 is 20.7 Å². The van der Waals surface area contributed by atoms with Crippen molar-refractivity contribution >= 4 is 36.6 Å². The van der Waals surface area contributed by atoms with Gasteiger partial charge in [0.2, 0.25) is 5.95 Å². The minimum Gasteiger partial charge on any atom is -0.462 e. The summed E-state index contributed by atoms with van der Waals surface area (Å²) in [6.45, 7) is 5.76. The molecule has 6 atom stereocenters. The zero-order valence-electron chi connectivity index (χ0n) is 23.7. The first-order chi connectivity index (χ1) is 19.9. The van der Waals surface area contributed by atoms with Crippen molar-refractivity contribution in [2.24, 2.45) is 0 Å². The summed E-state index contributed by atoms with van der Waals surface area (Å²) < 4.78 is 37.9. The van der Waals surface area contributed by atoms with Crippen molar-refractivity contribution in [2.45, 2.75) is 82.8 Å². The molecule has 2 aliphatic rings. The number of imidazole rings is 1. The largest absolute Gasteiger partial charge is 0.462 e. The third kappa shape index (κ3) is 6.51. The SMILES string of the molecule is CC(C)OC(=O)[C@H](C)NP(=O)(OC[C@H]1O[C@@H](n2cnc3c(NC4CC4)nc(N)nc32)[C@](C)(O)C1O)Oc1ccccc1. The van der Waals surface area contributed by atoms with Gasteiger partial charge in [-0.1, -0.05) is 18.2 Å². The van der Waals surface area contributed by atoms with Crippen LogP contribution in [-0.4, -0.2) is 78.3 Å². The Hall–Kier alpha value is -3.33. The molecule has 16 heteroatoms. The summed E-state index contributed by atoms with van der Waals surface area (Å²) in [6.07, 6.45) is -0.792. The highest BCUT2D eigenvalue weighted by molar-refractivity contribution is 7.52. The second kappa shape index (κ2) is 11.7. The molecule has 0 spiro atoms. The number of benzene rings is 1. The van der Waals surface area contributed by atoms with Crippen LogP contribution in [0.5, 0.6) is 5.75 Å². The molecule has 0 bridgehead atoms. The van der Waals surface area contributed by atoms with Crippen LogP contribution in [0.4, 0.5) is 11.8 Å². The van der Waals surface area contributed by atoms with Crippen molar-refractivity contribution in [3.8, 4) is 5.75 Å². The fourth-order valence-corrected chi connectivity index (χ4v) is 6.01. The monoisotopic (exact) mass is 605 g/mol. The molecule has 42 heavy (non-hydrogen) atoms. The lowest BCUT2D eigenvalue weighted by Gasteiger charge is -2.27. The fraction of sp³-hybridized carbons (Fsp3) is 0.538. The summed E-state index contributed by atoms with van der Waals surface area (Å²) in [7, 11) is -4.24. The zero-order chi connectivity index (χ0) is 30.2. The van der Waals surface area contributed by atoms with Crippen LogP contribution in [0.1, 0.15) is 46.8 Å². The molecule has 6 N–H and O–H groups in total. The van der Waals surface area contributed by atoms with E-state index in [0.717, 1.165) is 12.8 Å². The standard InChI is InChI=1S/C26H36N7O8P/c1-14(2)39-23(35)15(3)32-42(37,41-17-8-6-5-7-9-17)38-12-18-20(34)26(4,36)24(40-18)33-13-28-19-21(29-16-10-11-16)30-25(27)31-22(19)33/h5-9,13-16,18,20,24,34,36H,10-12H2,1-4H3,(H,32,37)(H3,27,29,30,31)/t15-,18+,20?,24+,26+,42?/m0/s1. The van der Waals surface area contributed by atoms with E-state index in [0.29, 0.717) is 17.0 Å². The molecule has 1 aromatic carbocycles. The van der Waals surface area contributed by atoms with E-state index in [4.69, 9.17) is 24.3 Å². The predicted molar refractivity (Wildman–Crippen MR) is 151 cm³/mol. The molecule has 228 valence electrons. The number of aliphatic hydroxyl groups excluding tert-OH is 1. The highest BCUT2D eigenvalue weighted by Crippen LogP contribution is 2.47. The van der Waals surface area contributed by atoms with Gasteiger partial charge in [0.15, 0.2) is 23.2 Å². The number of nitrogens with two attached hydrogens (primary N) is 1. The molecular formula is C26H36N7O8P. The van der Waals surface area contributed by atoms with Crippen LogP contribution in [0.25, 0.3) is 11.2 Å². The number of nitrogen functional groups attached to an aromatic ring is 1. The van der Waals surface area contributed by atoms with Gasteiger partial charge < -0.3 is 35.3 Å². The number of hydrogen-bond acceptors (Lipinski definition) is 13. The summed E-state index contributed by atoms with van der Waals surface area (Å²) in [6, 6.07) is 7.47. The molecule has 3 heterocycles. The Morgan fingerprint density at radius 3 is 2.64 bits per heavy atom. The van der Waals surface area contributed by atoms with E-state index < -0.39 is 56.5 Å². The molecule has 2 unspecified atom stereocenters. The van der Waals surface area contributed by atoms with Crippen LogP contribution >= 0.6 is 7.75 Å². The van der Waals surface area contributed by atoms with Gasteiger partial charge in [-0.05, 0) is 52.7 Å². The molecule has 1 saturated heterocycles. The lowest BCUT2D eigenvalue weighted by Crippen LogP contribution is -2.44. The number of nitrogens with zero attached hydrogens (tertiary/aromatic N) is 4. The van der Waals surface area contributed by atoms with Crippen molar-refractivity contribution in [1.29, 1.82) is 0 Å². The quantitative estimate of drug-likeness (QED) is 0.148. The third-order valence-electron chi connectivity index (χ3n) is 6.80. The number of rotatable bonds is 12. The van der Waals surface area contributed by atoms with Crippen molar-refractivity contribution in [3.05, 3.63) is 36.7 Å². The maximum absolute atomic E-state index is 13.8. The maximum atomic E-state index is 13.8. The molecule has 2 fully saturated rings. The maximum Gasteiger partial charge on any atom is 0.459 e. The van der Waals surface area contributed by atoms with E-state index in [1.165, 1.54) is 24.7 Å². The average molecular weight is 606 g/mol. The van der Waals surface area contributed by atoms with E-state index >= 15 is 0 Å². The smallest absolute Gasteiger partial charge is 0.459 e. The lowest BCUT2D eigenvalue weighted by atomic mass is 9.96. The number of aromatic nitrogens is 4. The minimum atomic E-state index is -4.24. The number of hydrogen-bond donors (Lipinski definition) is 5. The van der Waals surface area contributed by atoms with Gasteiger partial charge in [0.25, 0.3) is 0 Å². The number of ether oxygens (including phenoxy) is 2. The number of esters is 1. The molecule has 1 saturated carbocycles. The highest BCUT2D eigenvalue weighted by atomic mass is 31.2. The van der Waals surface area contributed by atoms with Crippen molar-refractivity contribution < 1.29 is 38.1 Å². The molecular weight excluding hydrogens is 569 g/mol. The van der Waals surface area contributed by atoms with Crippen LogP contribution in [0.3, 0.4) is 0 Å². The summed E-state index contributed by atoms with van der Waals surface area (Å²) in [5.74, 6) is 0.0235. The molecule has 3 aromatic rings. The average Bonchev–Trinajstić information content (AvgIpc) is 3.59. The van der Waals surface area contributed by atoms with Crippen LogP contribution in [0.2, 0.25) is 0 Å². The number of para-hydroxylation sites is 1. The minimum absolute atomic E-state index is 0.000610. The Morgan fingerprint density at radius 2 is 1.98 bits per heavy atom. The zero-order valence-corrected chi connectivity index (χ0v) is 24.6. The molecule has 15 nitrogen and oxygen atoms in total. The van der Waals surface area contributed by atoms with Gasteiger partial charge in [-0.15, -0.1) is 0 Å². The number of aliphatic hydroxyl groups is 2. The Labute approximate surface area is 242 Å². The van der Waals surface area contributed by atoms with Gasteiger partial charge in [-0.25, -0.2) is 9.55 Å². The Bertz CT molecular complexity index is 1470. The summed E-state index contributed by atoms with van der Waals surface area (Å²) in [5, 5.41) is 28.3. The summed E-state index contributed by atoms with van der Waals surface area (Å²) in [5.41, 5.74) is 4.83. The van der Waals surface area contributed by atoms with Crippen LogP contribution in [0.15, 0.2) is 36.7 Å². The number of nitrogens with one attached hydrogen (secondary N) is 2. The summed E-state index contributed by atoms with van der Waals surface area (Å²) >= 11 is 0. The van der Waals surface area contributed by atoms with E-state index in [2.05, 4.69) is 25.4 Å². The molecule has 2 aromatic heterocycles. The van der Waals surface area contributed by atoms with Crippen molar-refractivity contribution in [1.82, 2.24) is 24.6 Å². The van der Waals surface area contributed by atoms with Gasteiger partial charge in [0, 0.05) is 6.04 Å². The number of anilines is 2.